The Bertz CT molecular complexity index is 354. The molecule has 3 heteroatoms. The smallest absolute Gasteiger partial charge is 0.120 e. The van der Waals surface area contributed by atoms with E-state index in [1.807, 2.05) is 31.2 Å². The quantitative estimate of drug-likeness (QED) is 0.816. The normalized spacial score (nSPS) is 13.1. The summed E-state index contributed by atoms with van der Waals surface area (Å²) >= 11 is 0. The van der Waals surface area contributed by atoms with E-state index in [2.05, 4.69) is 33.0 Å². The average Bonchev–Trinajstić information content (AvgIpc) is 2.36. The van der Waals surface area contributed by atoms with Crippen LogP contribution in [0.1, 0.15) is 41.0 Å². The molecule has 0 aliphatic rings. The van der Waals surface area contributed by atoms with Crippen molar-refractivity contribution in [1.82, 2.24) is 5.32 Å². The molecule has 1 aromatic rings. The van der Waals surface area contributed by atoms with E-state index in [-0.39, 0.29) is 11.6 Å². The molecule has 0 aromatic heterocycles. The van der Waals surface area contributed by atoms with Crippen molar-refractivity contribution in [2.45, 2.75) is 52.7 Å². The van der Waals surface area contributed by atoms with E-state index in [9.17, 15) is 0 Å². The Hall–Kier alpha value is -1.22. The van der Waals surface area contributed by atoms with Crippen LogP contribution in [0.25, 0.3) is 0 Å². The third-order valence-electron chi connectivity index (χ3n) is 2.75. The zero-order valence-corrected chi connectivity index (χ0v) is 12.8. The predicted octanol–water partition coefficient (Wildman–Crippen LogP) is 3.63. The second-order valence-electron chi connectivity index (χ2n) is 5.68. The fraction of sp³-hybridized carbons (Fsp3) is 0.625. The van der Waals surface area contributed by atoms with E-state index < -0.39 is 0 Å². The van der Waals surface area contributed by atoms with Crippen LogP contribution in [0.5, 0.6) is 11.5 Å². The van der Waals surface area contributed by atoms with Gasteiger partial charge < -0.3 is 14.8 Å². The Morgan fingerprint density at radius 2 is 1.63 bits per heavy atom. The lowest BCUT2D eigenvalue weighted by molar-refractivity contribution is 0.181. The van der Waals surface area contributed by atoms with Crippen molar-refractivity contribution in [3.05, 3.63) is 24.3 Å². The highest BCUT2D eigenvalue weighted by atomic mass is 16.5. The molecule has 19 heavy (non-hydrogen) atoms. The summed E-state index contributed by atoms with van der Waals surface area (Å²) in [6, 6.07) is 7.82. The van der Waals surface area contributed by atoms with E-state index in [4.69, 9.17) is 9.47 Å². The maximum Gasteiger partial charge on any atom is 0.120 e. The lowest BCUT2D eigenvalue weighted by Crippen LogP contribution is -2.42. The van der Waals surface area contributed by atoms with Crippen LogP contribution in [0.4, 0.5) is 0 Å². The Labute approximate surface area is 117 Å². The SMILES string of the molecule is CCOc1ccc(OC(CC)CNC(C)(C)C)cc1. The van der Waals surface area contributed by atoms with Gasteiger partial charge in [-0.1, -0.05) is 6.92 Å². The maximum absolute atomic E-state index is 5.97. The van der Waals surface area contributed by atoms with Gasteiger partial charge in [0, 0.05) is 12.1 Å². The first kappa shape index (κ1) is 15.8. The van der Waals surface area contributed by atoms with Crippen LogP contribution < -0.4 is 14.8 Å². The molecule has 0 saturated carbocycles. The maximum atomic E-state index is 5.97. The van der Waals surface area contributed by atoms with Crippen molar-refractivity contribution in [1.29, 1.82) is 0 Å². The largest absolute Gasteiger partial charge is 0.494 e. The van der Waals surface area contributed by atoms with Crippen LogP contribution in [-0.4, -0.2) is 24.8 Å². The van der Waals surface area contributed by atoms with Gasteiger partial charge in [-0.2, -0.15) is 0 Å². The number of hydrogen-bond acceptors (Lipinski definition) is 3. The lowest BCUT2D eigenvalue weighted by atomic mass is 10.1. The Morgan fingerprint density at radius 1 is 1.05 bits per heavy atom. The van der Waals surface area contributed by atoms with Crippen LogP contribution in [0, 0.1) is 0 Å². The topological polar surface area (TPSA) is 30.5 Å². The number of ether oxygens (including phenoxy) is 2. The third-order valence-corrected chi connectivity index (χ3v) is 2.75. The minimum absolute atomic E-state index is 0.121. The summed E-state index contributed by atoms with van der Waals surface area (Å²) in [4.78, 5) is 0. The third kappa shape index (κ3) is 6.48. The summed E-state index contributed by atoms with van der Waals surface area (Å²) in [5.41, 5.74) is 0.121. The summed E-state index contributed by atoms with van der Waals surface area (Å²) in [5.74, 6) is 1.78. The second-order valence-corrected chi connectivity index (χ2v) is 5.68. The number of nitrogens with one attached hydrogen (secondary N) is 1. The second kappa shape index (κ2) is 7.39. The van der Waals surface area contributed by atoms with Crippen LogP contribution in [0.2, 0.25) is 0 Å². The Morgan fingerprint density at radius 3 is 2.11 bits per heavy atom. The van der Waals surface area contributed by atoms with Gasteiger partial charge in [0.25, 0.3) is 0 Å². The van der Waals surface area contributed by atoms with Crippen LogP contribution in [0.15, 0.2) is 24.3 Å². The lowest BCUT2D eigenvalue weighted by Gasteiger charge is -2.25. The molecule has 0 amide bonds. The Kier molecular flexibility index (Phi) is 6.16. The van der Waals surface area contributed by atoms with Crippen molar-refractivity contribution in [2.75, 3.05) is 13.2 Å². The molecule has 0 radical (unpaired) electrons. The molecule has 0 fully saturated rings. The van der Waals surface area contributed by atoms with E-state index in [0.717, 1.165) is 24.5 Å². The fourth-order valence-corrected chi connectivity index (χ4v) is 1.66. The molecule has 1 atom stereocenters. The highest BCUT2D eigenvalue weighted by Crippen LogP contribution is 2.19. The van der Waals surface area contributed by atoms with Crippen LogP contribution in [0.3, 0.4) is 0 Å². The molecule has 1 unspecified atom stereocenters. The molecule has 0 bridgehead atoms. The zero-order chi connectivity index (χ0) is 14.3. The average molecular weight is 265 g/mol. The van der Waals surface area contributed by atoms with Crippen LogP contribution >= 0.6 is 0 Å². The zero-order valence-electron chi connectivity index (χ0n) is 12.8. The van der Waals surface area contributed by atoms with E-state index in [1.165, 1.54) is 0 Å². The molecular formula is C16H27NO2. The predicted molar refractivity (Wildman–Crippen MR) is 80.1 cm³/mol. The fourth-order valence-electron chi connectivity index (χ4n) is 1.66. The van der Waals surface area contributed by atoms with E-state index in [0.29, 0.717) is 6.61 Å². The summed E-state index contributed by atoms with van der Waals surface area (Å²) in [6.45, 7) is 12.2. The van der Waals surface area contributed by atoms with Gasteiger partial charge in [0.2, 0.25) is 0 Å². The molecule has 0 saturated heterocycles. The van der Waals surface area contributed by atoms with Crippen molar-refractivity contribution in [2.24, 2.45) is 0 Å². The van der Waals surface area contributed by atoms with Crippen molar-refractivity contribution >= 4 is 0 Å². The van der Waals surface area contributed by atoms with Gasteiger partial charge in [-0.15, -0.1) is 0 Å². The van der Waals surface area contributed by atoms with Crippen molar-refractivity contribution in [3.8, 4) is 11.5 Å². The highest BCUT2D eigenvalue weighted by Gasteiger charge is 2.14. The van der Waals surface area contributed by atoms with Gasteiger partial charge >= 0.3 is 0 Å². The van der Waals surface area contributed by atoms with Crippen LogP contribution in [-0.2, 0) is 0 Å². The first-order valence-electron chi connectivity index (χ1n) is 7.09. The molecule has 1 rings (SSSR count). The van der Waals surface area contributed by atoms with Gasteiger partial charge in [-0.3, -0.25) is 0 Å². The molecule has 3 nitrogen and oxygen atoms in total. The molecule has 1 N–H and O–H groups in total. The number of hydrogen-bond donors (Lipinski definition) is 1. The van der Waals surface area contributed by atoms with Gasteiger partial charge in [0.05, 0.1) is 6.61 Å². The summed E-state index contributed by atoms with van der Waals surface area (Å²) in [5, 5.41) is 3.48. The molecule has 0 spiro atoms. The monoisotopic (exact) mass is 265 g/mol. The molecule has 0 heterocycles. The van der Waals surface area contributed by atoms with E-state index >= 15 is 0 Å². The first-order chi connectivity index (χ1) is 8.94. The van der Waals surface area contributed by atoms with E-state index in [1.54, 1.807) is 0 Å². The van der Waals surface area contributed by atoms with Crippen molar-refractivity contribution < 1.29 is 9.47 Å². The standard InChI is InChI=1S/C16H27NO2/c1-6-13(12-17-16(3,4)5)19-15-10-8-14(9-11-15)18-7-2/h8-11,13,17H,6-7,12H2,1-5H3. The molecule has 0 aliphatic heterocycles. The molecule has 0 aliphatic carbocycles. The highest BCUT2D eigenvalue weighted by molar-refractivity contribution is 5.31. The van der Waals surface area contributed by atoms with Gasteiger partial charge in [0.1, 0.15) is 17.6 Å². The molecular weight excluding hydrogens is 238 g/mol. The van der Waals surface area contributed by atoms with Gasteiger partial charge in [-0.25, -0.2) is 0 Å². The molecule has 1 aromatic carbocycles. The van der Waals surface area contributed by atoms with Gasteiger partial charge in [0.15, 0.2) is 0 Å². The Balaban J connectivity index is 2.50. The minimum atomic E-state index is 0.121. The number of rotatable bonds is 7. The number of benzene rings is 1. The summed E-state index contributed by atoms with van der Waals surface area (Å²) in [6.07, 6.45) is 1.17. The minimum Gasteiger partial charge on any atom is -0.494 e. The van der Waals surface area contributed by atoms with Crippen molar-refractivity contribution in [3.63, 3.8) is 0 Å². The molecule has 108 valence electrons. The summed E-state index contributed by atoms with van der Waals surface area (Å²) in [7, 11) is 0. The first-order valence-corrected chi connectivity index (χ1v) is 7.09. The summed E-state index contributed by atoms with van der Waals surface area (Å²) < 4.78 is 11.4. The van der Waals surface area contributed by atoms with Gasteiger partial charge in [-0.05, 0) is 58.4 Å².